The Kier molecular flexibility index (Phi) is 9.30. The summed E-state index contributed by atoms with van der Waals surface area (Å²) in [6.07, 6.45) is 2.82. The van der Waals surface area contributed by atoms with E-state index in [-0.39, 0.29) is 40.8 Å². The Bertz CT molecular complexity index is 1130. The minimum atomic E-state index is -1.99. The van der Waals surface area contributed by atoms with Crippen LogP contribution in [0.4, 0.5) is 0 Å². The van der Waals surface area contributed by atoms with E-state index in [1.54, 1.807) is 18.2 Å². The minimum absolute atomic E-state index is 0.0101. The minimum Gasteiger partial charge on any atom is -0.508 e. The number of aromatic hydroxyl groups is 1. The van der Waals surface area contributed by atoms with Crippen molar-refractivity contribution < 1.29 is 23.9 Å². The summed E-state index contributed by atoms with van der Waals surface area (Å²) in [5.74, 6) is 0.0858. The highest BCUT2D eigenvalue weighted by Crippen LogP contribution is 2.47. The third-order valence-corrected chi connectivity index (χ3v) is 12.8. The first-order valence-electron chi connectivity index (χ1n) is 13.1. The lowest BCUT2D eigenvalue weighted by atomic mass is 9.82. The van der Waals surface area contributed by atoms with Gasteiger partial charge in [0, 0.05) is 17.0 Å². The van der Waals surface area contributed by atoms with Gasteiger partial charge in [0.25, 0.3) is 0 Å². The van der Waals surface area contributed by atoms with Gasteiger partial charge in [0.15, 0.2) is 14.1 Å². The summed E-state index contributed by atoms with van der Waals surface area (Å²) in [6, 6.07) is 10.9. The predicted octanol–water partition coefficient (Wildman–Crippen LogP) is 7.69. The van der Waals surface area contributed by atoms with E-state index in [2.05, 4.69) is 33.9 Å². The second kappa shape index (κ2) is 11.7. The number of ether oxygens (including phenoxy) is 1. The standard InChI is InChI=1S/C30H41ClO5Si/c1-19(29(34)35-5)28(21-9-10-21)22-11-8-20(27(33)17-22)12-15-26(32)25-14-13-24(31)16-23(25)18-36-37(6,7)30(2,3)4/h8,11,13-14,16-17,19,21,28,33H,9-10,12,15,18H2,1-7H3/t19-,28-/m0/s1. The lowest BCUT2D eigenvalue weighted by Gasteiger charge is -2.36. The topological polar surface area (TPSA) is 72.8 Å². The fourth-order valence-electron chi connectivity index (χ4n) is 4.57. The van der Waals surface area contributed by atoms with Gasteiger partial charge in [-0.05, 0) is 90.2 Å². The number of Topliss-reactive ketones (excluding diaryl/α,β-unsaturated/α-hetero) is 1. The molecule has 0 heterocycles. The number of aryl methyl sites for hydroxylation is 1. The predicted molar refractivity (Wildman–Crippen MR) is 151 cm³/mol. The first-order valence-corrected chi connectivity index (χ1v) is 16.4. The average Bonchev–Trinajstić information content (AvgIpc) is 3.66. The summed E-state index contributed by atoms with van der Waals surface area (Å²) in [6.45, 7) is 13.2. The molecule has 1 aliphatic carbocycles. The van der Waals surface area contributed by atoms with Crippen molar-refractivity contribution in [3.63, 3.8) is 0 Å². The number of carbonyl (C=O) groups excluding carboxylic acids is 2. The molecule has 0 spiro atoms. The van der Waals surface area contributed by atoms with E-state index >= 15 is 0 Å². The molecule has 0 bridgehead atoms. The molecule has 0 radical (unpaired) electrons. The molecule has 7 heteroatoms. The maximum absolute atomic E-state index is 13.2. The first kappa shape index (κ1) is 29.4. The van der Waals surface area contributed by atoms with Gasteiger partial charge in [-0.25, -0.2) is 0 Å². The number of ketones is 1. The number of phenolic OH excluding ortho intramolecular Hbond substituents is 1. The van der Waals surface area contributed by atoms with Gasteiger partial charge < -0.3 is 14.3 Å². The van der Waals surface area contributed by atoms with Crippen LogP contribution in [0, 0.1) is 11.8 Å². The van der Waals surface area contributed by atoms with Crippen LogP contribution in [0.3, 0.4) is 0 Å². The highest BCUT2D eigenvalue weighted by atomic mass is 35.5. The van der Waals surface area contributed by atoms with Gasteiger partial charge in [0.05, 0.1) is 19.6 Å². The van der Waals surface area contributed by atoms with Crippen LogP contribution in [0.25, 0.3) is 0 Å². The van der Waals surface area contributed by atoms with E-state index in [1.807, 2.05) is 25.1 Å². The summed E-state index contributed by atoms with van der Waals surface area (Å²) in [4.78, 5) is 25.4. The Hall–Kier alpha value is -2.15. The Labute approximate surface area is 227 Å². The van der Waals surface area contributed by atoms with Gasteiger partial charge in [0.1, 0.15) is 5.75 Å². The summed E-state index contributed by atoms with van der Waals surface area (Å²) in [5, 5.41) is 11.4. The number of hydrogen-bond donors (Lipinski definition) is 1. The molecule has 0 amide bonds. The SMILES string of the molecule is COC(=O)[C@@H](C)[C@H](c1ccc(CCC(=O)c2ccc(Cl)cc2CO[Si](C)(C)C(C)(C)C)c(O)c1)C1CC1. The fourth-order valence-corrected chi connectivity index (χ4v) is 5.71. The van der Waals surface area contributed by atoms with E-state index in [0.717, 1.165) is 24.0 Å². The van der Waals surface area contributed by atoms with Crippen molar-refractivity contribution in [1.29, 1.82) is 0 Å². The normalized spacial score (nSPS) is 15.8. The number of phenols is 1. The van der Waals surface area contributed by atoms with E-state index < -0.39 is 8.32 Å². The molecule has 3 rings (SSSR count). The molecule has 2 aromatic rings. The molecular formula is C30H41ClO5Si. The molecule has 0 aromatic heterocycles. The lowest BCUT2D eigenvalue weighted by molar-refractivity contribution is -0.145. The van der Waals surface area contributed by atoms with E-state index in [4.69, 9.17) is 20.8 Å². The van der Waals surface area contributed by atoms with Crippen molar-refractivity contribution in [1.82, 2.24) is 0 Å². The van der Waals surface area contributed by atoms with Crippen molar-refractivity contribution in [3.8, 4) is 5.75 Å². The maximum atomic E-state index is 13.2. The van der Waals surface area contributed by atoms with E-state index in [1.165, 1.54) is 7.11 Å². The molecule has 5 nitrogen and oxygen atoms in total. The molecule has 0 saturated heterocycles. The zero-order valence-corrected chi connectivity index (χ0v) is 24.9. The molecule has 1 saturated carbocycles. The third-order valence-electron chi connectivity index (χ3n) is 8.12. The van der Waals surface area contributed by atoms with Crippen LogP contribution in [0.15, 0.2) is 36.4 Å². The number of methoxy groups -OCH3 is 1. The van der Waals surface area contributed by atoms with Gasteiger partial charge in [-0.2, -0.15) is 0 Å². The number of rotatable bonds is 11. The smallest absolute Gasteiger partial charge is 0.309 e. The van der Waals surface area contributed by atoms with Crippen LogP contribution in [-0.4, -0.2) is 32.3 Å². The number of esters is 1. The van der Waals surface area contributed by atoms with Crippen molar-refractivity contribution in [3.05, 3.63) is 63.7 Å². The molecular weight excluding hydrogens is 504 g/mol. The summed E-state index contributed by atoms with van der Waals surface area (Å²) < 4.78 is 11.3. The maximum Gasteiger partial charge on any atom is 0.309 e. The van der Waals surface area contributed by atoms with Gasteiger partial charge in [-0.15, -0.1) is 0 Å². The van der Waals surface area contributed by atoms with E-state index in [9.17, 15) is 14.7 Å². The largest absolute Gasteiger partial charge is 0.508 e. The molecule has 1 aliphatic rings. The Morgan fingerprint density at radius 1 is 1.11 bits per heavy atom. The monoisotopic (exact) mass is 544 g/mol. The van der Waals surface area contributed by atoms with Crippen molar-refractivity contribution >= 4 is 31.7 Å². The van der Waals surface area contributed by atoms with Crippen LogP contribution in [-0.2, 0) is 27.0 Å². The third kappa shape index (κ3) is 7.24. The second-order valence-electron chi connectivity index (χ2n) is 11.8. The fraction of sp³-hybridized carbons (Fsp3) is 0.533. The Balaban J connectivity index is 1.72. The quantitative estimate of drug-likeness (QED) is 0.178. The van der Waals surface area contributed by atoms with Gasteiger partial charge in [-0.3, -0.25) is 9.59 Å². The van der Waals surface area contributed by atoms with Crippen molar-refractivity contribution in [2.75, 3.05) is 7.11 Å². The summed E-state index contributed by atoms with van der Waals surface area (Å²) in [7, 11) is -0.585. The van der Waals surface area contributed by atoms with E-state index in [0.29, 0.717) is 35.1 Å². The summed E-state index contributed by atoms with van der Waals surface area (Å²) >= 11 is 6.26. The number of benzene rings is 2. The van der Waals surface area contributed by atoms with Gasteiger partial charge in [0.2, 0.25) is 0 Å². The zero-order valence-electron chi connectivity index (χ0n) is 23.2. The summed E-state index contributed by atoms with van der Waals surface area (Å²) in [5.41, 5.74) is 3.06. The first-order chi connectivity index (χ1) is 17.2. The van der Waals surface area contributed by atoms with Crippen molar-refractivity contribution in [2.45, 2.75) is 84.0 Å². The highest BCUT2D eigenvalue weighted by molar-refractivity contribution is 6.74. The number of carbonyl (C=O) groups is 2. The lowest BCUT2D eigenvalue weighted by Crippen LogP contribution is -2.40. The molecule has 0 aliphatic heterocycles. The molecule has 1 N–H and O–H groups in total. The zero-order chi connectivity index (χ0) is 27.5. The Morgan fingerprint density at radius 2 is 1.78 bits per heavy atom. The highest BCUT2D eigenvalue weighted by Gasteiger charge is 2.39. The molecule has 37 heavy (non-hydrogen) atoms. The molecule has 202 valence electrons. The molecule has 2 atom stereocenters. The van der Waals surface area contributed by atoms with Crippen LogP contribution < -0.4 is 0 Å². The molecule has 2 aromatic carbocycles. The second-order valence-corrected chi connectivity index (χ2v) is 17.1. The average molecular weight is 545 g/mol. The molecule has 0 unspecified atom stereocenters. The molecule has 1 fully saturated rings. The number of halogens is 1. The van der Waals surface area contributed by atoms with Crippen molar-refractivity contribution in [2.24, 2.45) is 11.8 Å². The van der Waals surface area contributed by atoms with Crippen LogP contribution in [0.2, 0.25) is 23.2 Å². The Morgan fingerprint density at radius 3 is 2.35 bits per heavy atom. The number of hydrogen-bond acceptors (Lipinski definition) is 5. The van der Waals surface area contributed by atoms with Crippen LogP contribution in [0.1, 0.15) is 79.9 Å². The van der Waals surface area contributed by atoms with Gasteiger partial charge >= 0.3 is 5.97 Å². The van der Waals surface area contributed by atoms with Crippen LogP contribution in [0.5, 0.6) is 5.75 Å². The van der Waals surface area contributed by atoms with Gasteiger partial charge in [-0.1, -0.05) is 51.4 Å². The van der Waals surface area contributed by atoms with Crippen LogP contribution >= 0.6 is 11.6 Å².